The van der Waals surface area contributed by atoms with Gasteiger partial charge >= 0.3 is 5.97 Å². The lowest BCUT2D eigenvalue weighted by Crippen LogP contribution is -2.62. The molecule has 26 nitrogen and oxygen atoms in total. The van der Waals surface area contributed by atoms with E-state index >= 15 is 0 Å². The molecule has 0 saturated carbocycles. The summed E-state index contributed by atoms with van der Waals surface area (Å²) in [6.07, 6.45) is 0.204. The number of nitrogens with one attached hydrogen (secondary N) is 9. The molecule has 1 fully saturated rings. The van der Waals surface area contributed by atoms with Crippen molar-refractivity contribution in [2.24, 2.45) is 39.8 Å². The monoisotopic (exact) mass is 1030 g/mol. The lowest BCUT2D eigenvalue weighted by Gasteiger charge is -2.30. The summed E-state index contributed by atoms with van der Waals surface area (Å²) in [4.78, 5) is 140. The molecule has 1 aromatic heterocycles. The van der Waals surface area contributed by atoms with E-state index in [1.165, 1.54) is 6.92 Å². The van der Waals surface area contributed by atoms with Crippen LogP contribution < -0.4 is 65.5 Å². The predicted octanol–water partition coefficient (Wildman–Crippen LogP) is -3.39. The smallest absolute Gasteiger partial charge is 0.326 e. The number of fused-ring (bicyclic) bond motifs is 1. The van der Waals surface area contributed by atoms with Gasteiger partial charge in [0.25, 0.3) is 0 Å². The third-order valence-electron chi connectivity index (χ3n) is 12.2. The Hall–Kier alpha value is -7.35. The molecular formula is C47H74N14O12. The minimum absolute atomic E-state index is 0.0354. The van der Waals surface area contributed by atoms with Crippen molar-refractivity contribution in [3.8, 4) is 0 Å². The molecule has 0 aliphatic carbocycles. The van der Waals surface area contributed by atoms with Crippen LogP contribution in [0.3, 0.4) is 0 Å². The van der Waals surface area contributed by atoms with E-state index < -0.39 is 126 Å². The van der Waals surface area contributed by atoms with Crippen LogP contribution in [0.15, 0.2) is 35.5 Å². The van der Waals surface area contributed by atoms with E-state index in [0.29, 0.717) is 35.9 Å². The number of carboxylic acid groups (broad SMARTS) is 1. The summed E-state index contributed by atoms with van der Waals surface area (Å²) in [5.74, 6) is -10.4. The van der Waals surface area contributed by atoms with Crippen LogP contribution in [0.5, 0.6) is 0 Å². The van der Waals surface area contributed by atoms with E-state index in [9.17, 15) is 58.2 Å². The van der Waals surface area contributed by atoms with E-state index in [2.05, 4.69) is 52.5 Å². The number of hydrogen-bond donors (Lipinski definition) is 15. The fraction of sp³-hybridized carbons (Fsp3) is 0.596. The summed E-state index contributed by atoms with van der Waals surface area (Å²) in [6.45, 7) is 8.77. The molecule has 1 aliphatic heterocycles. The molecule has 1 aromatic carbocycles. The standard InChI is InChI=1S/C47H74N14O12/c1-6-24(4)37(60-40(66)30(15-16-35(48)63)55-39(65)29-13-9-17-52-29)44(70)61-38(25(5)62)45(71)59-32(19-23(2)3)41(67)57-33(20-26-22-54-28-12-8-7-11-27(26)28)42(68)58-34(21-36(49)64)43(69)56-31(46(72)73)14-10-18-53-47(50)51/h7-8,11-12,22-25,29-34,37-38,52,54,62H,6,9-10,13-21H2,1-5H3,(H2,48,63)(H2,49,64)(H,55,65)(H,56,69)(H,57,67)(H,58,68)(H,59,71)(H,60,66)(H,61,70)(H,72,73)(H4,50,51,53)/t24-,25+,29-,30-,31-,32-,33-,34-,37-,38-/m0/s1. The molecule has 2 heterocycles. The second kappa shape index (κ2) is 29.2. The van der Waals surface area contributed by atoms with Gasteiger partial charge in [0.1, 0.15) is 42.3 Å². The highest BCUT2D eigenvalue weighted by Gasteiger charge is 2.38. The molecule has 0 spiro atoms. The third kappa shape index (κ3) is 19.6. The number of aliphatic hydroxyl groups excluding tert-OH is 1. The number of hydrogen-bond acceptors (Lipinski definition) is 13. The maximum absolute atomic E-state index is 14.4. The second-order valence-electron chi connectivity index (χ2n) is 18.7. The number of guanidine groups is 1. The highest BCUT2D eigenvalue weighted by molar-refractivity contribution is 5.99. The Kier molecular flexibility index (Phi) is 24.0. The van der Waals surface area contributed by atoms with Gasteiger partial charge < -0.3 is 80.7 Å². The number of aliphatic carboxylic acids is 1. The molecule has 10 atom stereocenters. The first-order valence-electron chi connectivity index (χ1n) is 24.4. The van der Waals surface area contributed by atoms with Gasteiger partial charge in [-0.15, -0.1) is 0 Å². The van der Waals surface area contributed by atoms with Gasteiger partial charge in [-0.2, -0.15) is 0 Å². The van der Waals surface area contributed by atoms with E-state index in [4.69, 9.17) is 22.9 Å². The number of H-pyrrole nitrogens is 1. The average Bonchev–Trinajstić information content (AvgIpc) is 4.01. The molecule has 0 bridgehead atoms. The van der Waals surface area contributed by atoms with Crippen LogP contribution >= 0.6 is 0 Å². The molecular weight excluding hydrogens is 953 g/mol. The lowest BCUT2D eigenvalue weighted by molar-refractivity contribution is -0.142. The average molecular weight is 1030 g/mol. The maximum atomic E-state index is 14.4. The molecule has 1 aliphatic rings. The van der Waals surface area contributed by atoms with Crippen LogP contribution in [0.4, 0.5) is 0 Å². The van der Waals surface area contributed by atoms with Gasteiger partial charge in [-0.3, -0.25) is 48.1 Å². The van der Waals surface area contributed by atoms with Gasteiger partial charge in [0.05, 0.1) is 18.6 Å². The van der Waals surface area contributed by atoms with E-state index in [1.54, 1.807) is 58.2 Å². The van der Waals surface area contributed by atoms with Gasteiger partial charge in [0.2, 0.25) is 53.2 Å². The first kappa shape index (κ1) is 60.0. The Morgan fingerprint density at radius 1 is 0.712 bits per heavy atom. The van der Waals surface area contributed by atoms with Crippen molar-refractivity contribution in [2.75, 3.05) is 13.1 Å². The van der Waals surface area contributed by atoms with Gasteiger partial charge in [-0.25, -0.2) is 4.79 Å². The fourth-order valence-corrected chi connectivity index (χ4v) is 8.02. The third-order valence-corrected chi connectivity index (χ3v) is 12.2. The molecule has 1 saturated heterocycles. The maximum Gasteiger partial charge on any atom is 0.326 e. The summed E-state index contributed by atoms with van der Waals surface area (Å²) in [5, 5.41) is 42.1. The number of rotatable bonds is 31. The first-order valence-corrected chi connectivity index (χ1v) is 24.4. The van der Waals surface area contributed by atoms with Crippen LogP contribution in [-0.2, 0) is 54.4 Å². The predicted molar refractivity (Wildman–Crippen MR) is 267 cm³/mol. The number of aliphatic hydroxyl groups is 1. The highest BCUT2D eigenvalue weighted by Crippen LogP contribution is 2.20. The zero-order valence-corrected chi connectivity index (χ0v) is 42.0. The largest absolute Gasteiger partial charge is 0.480 e. The normalized spacial score (nSPS) is 16.9. The Morgan fingerprint density at radius 2 is 1.30 bits per heavy atom. The summed E-state index contributed by atoms with van der Waals surface area (Å²) in [7, 11) is 0. The summed E-state index contributed by atoms with van der Waals surface area (Å²) in [5.41, 5.74) is 22.7. The van der Waals surface area contributed by atoms with E-state index in [0.717, 1.165) is 6.42 Å². The Labute approximate surface area is 422 Å². The van der Waals surface area contributed by atoms with Gasteiger partial charge in [0, 0.05) is 36.5 Å². The molecule has 73 heavy (non-hydrogen) atoms. The minimum atomic E-state index is -1.72. The number of amides is 9. The van der Waals surface area contributed by atoms with Crippen LogP contribution in [0.25, 0.3) is 10.9 Å². The Morgan fingerprint density at radius 3 is 1.89 bits per heavy atom. The van der Waals surface area contributed by atoms with Gasteiger partial charge in [-0.05, 0) is 75.5 Å². The highest BCUT2D eigenvalue weighted by atomic mass is 16.4. The van der Waals surface area contributed by atoms with Crippen molar-refractivity contribution in [3.63, 3.8) is 0 Å². The van der Waals surface area contributed by atoms with Crippen LogP contribution in [-0.4, -0.2) is 148 Å². The van der Waals surface area contributed by atoms with E-state index in [-0.39, 0.29) is 56.9 Å². The Bertz CT molecular complexity index is 2290. The minimum Gasteiger partial charge on any atom is -0.480 e. The van der Waals surface area contributed by atoms with Crippen LogP contribution in [0.1, 0.15) is 98.0 Å². The van der Waals surface area contributed by atoms with Crippen molar-refractivity contribution in [1.29, 1.82) is 0 Å². The molecule has 19 N–H and O–H groups in total. The summed E-state index contributed by atoms with van der Waals surface area (Å²) >= 11 is 0. The number of carboxylic acids is 1. The Balaban J connectivity index is 1.90. The molecule has 26 heteroatoms. The zero-order chi connectivity index (χ0) is 54.5. The van der Waals surface area contributed by atoms with Crippen molar-refractivity contribution in [1.82, 2.24) is 47.5 Å². The number of para-hydroxylation sites is 1. The van der Waals surface area contributed by atoms with Crippen molar-refractivity contribution in [2.45, 2.75) is 153 Å². The topological polar surface area (TPSA) is 440 Å². The van der Waals surface area contributed by atoms with Gasteiger partial charge in [0.15, 0.2) is 5.96 Å². The lowest BCUT2D eigenvalue weighted by atomic mass is 9.96. The molecule has 0 unspecified atom stereocenters. The quantitative estimate of drug-likeness (QED) is 0.0199. The molecule has 9 amide bonds. The molecule has 0 radical (unpaired) electrons. The number of nitrogens with two attached hydrogens (primary N) is 4. The van der Waals surface area contributed by atoms with Gasteiger partial charge in [-0.1, -0.05) is 52.3 Å². The zero-order valence-electron chi connectivity index (χ0n) is 42.0. The summed E-state index contributed by atoms with van der Waals surface area (Å²) in [6, 6.07) is -3.94. The van der Waals surface area contributed by atoms with Crippen molar-refractivity contribution in [3.05, 3.63) is 36.0 Å². The molecule has 404 valence electrons. The molecule has 3 rings (SSSR count). The van der Waals surface area contributed by atoms with Crippen LogP contribution in [0.2, 0.25) is 0 Å². The number of carbonyl (C=O) groups excluding carboxylic acids is 9. The van der Waals surface area contributed by atoms with Crippen LogP contribution in [0, 0.1) is 11.8 Å². The fourth-order valence-electron chi connectivity index (χ4n) is 8.02. The second-order valence-corrected chi connectivity index (χ2v) is 18.7. The number of benzene rings is 1. The summed E-state index contributed by atoms with van der Waals surface area (Å²) < 4.78 is 0. The number of carbonyl (C=O) groups is 10. The molecule has 2 aromatic rings. The van der Waals surface area contributed by atoms with Crippen molar-refractivity contribution >= 4 is 76.0 Å². The first-order chi connectivity index (χ1) is 34.4. The van der Waals surface area contributed by atoms with E-state index in [1.807, 2.05) is 0 Å². The number of nitrogens with zero attached hydrogens (tertiary/aromatic N) is 1. The number of aromatic nitrogens is 1. The van der Waals surface area contributed by atoms with Crippen molar-refractivity contribution < 1.29 is 58.2 Å². The SMILES string of the molecule is CC[C@H](C)[C@H](NC(=O)[C@H](CCC(N)=O)NC(=O)[C@@H]1CCCN1)C(=O)N[C@H](C(=O)N[C@@H](CC(C)C)C(=O)N[C@@H](Cc1c[nH]c2ccccc12)C(=O)N[C@@H](CC(N)=O)C(=O)N[C@@H](CCCN=C(N)N)C(=O)O)[C@@H](C)O. The number of primary amides is 2. The number of aromatic amines is 1. The number of aliphatic imine (C=N–C) groups is 1.